The van der Waals surface area contributed by atoms with Crippen molar-refractivity contribution in [3.63, 3.8) is 0 Å². The molecule has 0 bridgehead atoms. The molecule has 1 saturated carbocycles. The third kappa shape index (κ3) is 1.35. The normalized spacial score (nSPS) is 19.5. The second kappa shape index (κ2) is 2.88. The third-order valence-corrected chi connectivity index (χ3v) is 2.17. The molecule has 3 N–H and O–H groups in total. The number of aliphatic hydroxyl groups excluding tert-OH is 1. The van der Waals surface area contributed by atoms with Crippen LogP contribution in [0, 0.1) is 0 Å². The van der Waals surface area contributed by atoms with Crippen LogP contribution in [-0.2, 0) is 0 Å². The minimum absolute atomic E-state index is 0.0175. The van der Waals surface area contributed by atoms with E-state index in [0.717, 1.165) is 5.56 Å². The maximum atomic E-state index is 8.79. The molecule has 0 radical (unpaired) electrons. The second-order valence-corrected chi connectivity index (χ2v) is 3.27. The molecule has 1 fully saturated rings. The van der Waals surface area contributed by atoms with Crippen LogP contribution < -0.4 is 5.73 Å². The van der Waals surface area contributed by atoms with E-state index in [-0.39, 0.29) is 12.6 Å². The van der Waals surface area contributed by atoms with Gasteiger partial charge < -0.3 is 10.8 Å². The topological polar surface area (TPSA) is 64.1 Å². The predicted octanol–water partition coefficient (Wildman–Crippen LogP) is 0.210. The molecule has 0 spiro atoms. The van der Waals surface area contributed by atoms with Gasteiger partial charge in [-0.05, 0) is 12.8 Å². The Hall–Kier alpha value is -0.870. The summed E-state index contributed by atoms with van der Waals surface area (Å²) in [6.45, 7) is -0.0175. The monoisotopic (exact) mass is 167 g/mol. The summed E-state index contributed by atoms with van der Waals surface area (Å²) in [5.41, 5.74) is 6.55. The quantitative estimate of drug-likeness (QED) is 0.676. The van der Waals surface area contributed by atoms with Crippen molar-refractivity contribution in [2.75, 3.05) is 6.61 Å². The summed E-state index contributed by atoms with van der Waals surface area (Å²) in [4.78, 5) is 0. The van der Waals surface area contributed by atoms with E-state index < -0.39 is 0 Å². The van der Waals surface area contributed by atoms with E-state index in [1.807, 2.05) is 10.9 Å². The van der Waals surface area contributed by atoms with Gasteiger partial charge in [0.2, 0.25) is 0 Å². The van der Waals surface area contributed by atoms with Crippen molar-refractivity contribution in [3.05, 3.63) is 18.0 Å². The summed E-state index contributed by atoms with van der Waals surface area (Å²) in [6, 6.07) is 0.308. The Morgan fingerprint density at radius 3 is 3.08 bits per heavy atom. The Kier molecular flexibility index (Phi) is 1.86. The fourth-order valence-corrected chi connectivity index (χ4v) is 1.19. The number of nitrogens with two attached hydrogens (primary N) is 1. The molecule has 1 aromatic rings. The van der Waals surface area contributed by atoms with Crippen LogP contribution in [0.3, 0.4) is 0 Å². The van der Waals surface area contributed by atoms with Crippen molar-refractivity contribution in [3.8, 4) is 0 Å². The van der Waals surface area contributed by atoms with Crippen LogP contribution in [0.1, 0.15) is 30.5 Å². The molecule has 0 saturated heterocycles. The predicted molar refractivity (Wildman–Crippen MR) is 44.5 cm³/mol. The SMILES string of the molecule is NC(CO)c1cnn(C2CC2)c1. The number of hydrogen-bond donors (Lipinski definition) is 2. The first-order valence-electron chi connectivity index (χ1n) is 4.21. The van der Waals surface area contributed by atoms with E-state index in [1.165, 1.54) is 12.8 Å². The Morgan fingerprint density at radius 2 is 2.50 bits per heavy atom. The highest BCUT2D eigenvalue weighted by molar-refractivity contribution is 5.10. The summed E-state index contributed by atoms with van der Waals surface area (Å²) in [6.07, 6.45) is 6.10. The lowest BCUT2D eigenvalue weighted by Gasteiger charge is -2.02. The van der Waals surface area contributed by atoms with Gasteiger partial charge in [0, 0.05) is 11.8 Å². The van der Waals surface area contributed by atoms with E-state index in [9.17, 15) is 0 Å². The molecule has 0 amide bonds. The zero-order valence-electron chi connectivity index (χ0n) is 6.85. The van der Waals surface area contributed by atoms with E-state index in [1.54, 1.807) is 6.20 Å². The minimum Gasteiger partial charge on any atom is -0.394 e. The van der Waals surface area contributed by atoms with Gasteiger partial charge in [0.1, 0.15) is 0 Å². The zero-order chi connectivity index (χ0) is 8.55. The van der Waals surface area contributed by atoms with Gasteiger partial charge in [0.15, 0.2) is 0 Å². The first-order chi connectivity index (χ1) is 5.81. The van der Waals surface area contributed by atoms with Crippen LogP contribution in [0.5, 0.6) is 0 Å². The van der Waals surface area contributed by atoms with Crippen LogP contribution in [0.15, 0.2) is 12.4 Å². The van der Waals surface area contributed by atoms with E-state index in [2.05, 4.69) is 5.10 Å². The zero-order valence-corrected chi connectivity index (χ0v) is 6.85. The van der Waals surface area contributed by atoms with E-state index in [0.29, 0.717) is 6.04 Å². The molecule has 1 aliphatic rings. The average Bonchev–Trinajstić information content (AvgIpc) is 2.83. The fraction of sp³-hybridized carbons (Fsp3) is 0.625. The van der Waals surface area contributed by atoms with Gasteiger partial charge in [0.05, 0.1) is 24.9 Å². The van der Waals surface area contributed by atoms with E-state index >= 15 is 0 Å². The Balaban J connectivity index is 2.12. The third-order valence-electron chi connectivity index (χ3n) is 2.17. The molecule has 12 heavy (non-hydrogen) atoms. The van der Waals surface area contributed by atoms with Crippen molar-refractivity contribution in [2.45, 2.75) is 24.9 Å². The van der Waals surface area contributed by atoms with Gasteiger partial charge in [-0.3, -0.25) is 4.68 Å². The molecule has 1 aromatic heterocycles. The number of hydrogen-bond acceptors (Lipinski definition) is 3. The molecule has 1 aliphatic carbocycles. The van der Waals surface area contributed by atoms with Crippen molar-refractivity contribution >= 4 is 0 Å². The summed E-state index contributed by atoms with van der Waals surface area (Å²) in [5.74, 6) is 0. The lowest BCUT2D eigenvalue weighted by molar-refractivity contribution is 0.268. The van der Waals surface area contributed by atoms with Crippen molar-refractivity contribution in [2.24, 2.45) is 5.73 Å². The highest BCUT2D eigenvalue weighted by Gasteiger charge is 2.24. The summed E-state index contributed by atoms with van der Waals surface area (Å²) >= 11 is 0. The molecular weight excluding hydrogens is 154 g/mol. The Bertz CT molecular complexity index is 267. The standard InChI is InChI=1S/C8H13N3O/c9-8(5-12)6-3-10-11(4-6)7-1-2-7/h3-4,7-8,12H,1-2,5,9H2. The van der Waals surface area contributed by atoms with Crippen LogP contribution in [0.4, 0.5) is 0 Å². The van der Waals surface area contributed by atoms with Crippen LogP contribution in [0.2, 0.25) is 0 Å². The van der Waals surface area contributed by atoms with Gasteiger partial charge in [-0.1, -0.05) is 0 Å². The molecule has 4 heteroatoms. The Morgan fingerprint density at radius 1 is 1.75 bits per heavy atom. The second-order valence-electron chi connectivity index (χ2n) is 3.27. The van der Waals surface area contributed by atoms with Gasteiger partial charge in [-0.2, -0.15) is 5.10 Å². The van der Waals surface area contributed by atoms with Crippen molar-refractivity contribution in [1.82, 2.24) is 9.78 Å². The van der Waals surface area contributed by atoms with Crippen LogP contribution in [-0.4, -0.2) is 21.5 Å². The average molecular weight is 167 g/mol. The molecule has 66 valence electrons. The number of aromatic nitrogens is 2. The highest BCUT2D eigenvalue weighted by Crippen LogP contribution is 2.34. The lowest BCUT2D eigenvalue weighted by atomic mass is 10.2. The molecule has 2 rings (SSSR count). The number of nitrogens with zero attached hydrogens (tertiary/aromatic N) is 2. The molecule has 4 nitrogen and oxygen atoms in total. The van der Waals surface area contributed by atoms with Gasteiger partial charge in [-0.25, -0.2) is 0 Å². The van der Waals surface area contributed by atoms with Gasteiger partial charge >= 0.3 is 0 Å². The summed E-state index contributed by atoms with van der Waals surface area (Å²) in [7, 11) is 0. The fourth-order valence-electron chi connectivity index (χ4n) is 1.19. The maximum Gasteiger partial charge on any atom is 0.0625 e. The van der Waals surface area contributed by atoms with Crippen LogP contribution >= 0.6 is 0 Å². The first kappa shape index (κ1) is 7.76. The summed E-state index contributed by atoms with van der Waals surface area (Å²) in [5, 5.41) is 13.0. The molecule has 1 atom stereocenters. The van der Waals surface area contributed by atoms with E-state index in [4.69, 9.17) is 10.8 Å². The molecule has 0 aliphatic heterocycles. The lowest BCUT2D eigenvalue weighted by Crippen LogP contribution is -2.13. The number of rotatable bonds is 3. The van der Waals surface area contributed by atoms with Crippen molar-refractivity contribution < 1.29 is 5.11 Å². The Labute approximate surface area is 71.0 Å². The molecule has 1 heterocycles. The maximum absolute atomic E-state index is 8.79. The number of aliphatic hydroxyl groups is 1. The smallest absolute Gasteiger partial charge is 0.0625 e. The van der Waals surface area contributed by atoms with Gasteiger partial charge in [0.25, 0.3) is 0 Å². The van der Waals surface area contributed by atoms with Gasteiger partial charge in [-0.15, -0.1) is 0 Å². The minimum atomic E-state index is -0.280. The largest absolute Gasteiger partial charge is 0.394 e. The van der Waals surface area contributed by atoms with Crippen molar-refractivity contribution in [1.29, 1.82) is 0 Å². The molecule has 0 aromatic carbocycles. The first-order valence-corrected chi connectivity index (χ1v) is 4.21. The van der Waals surface area contributed by atoms with Crippen LogP contribution in [0.25, 0.3) is 0 Å². The molecular formula is C8H13N3O. The highest BCUT2D eigenvalue weighted by atomic mass is 16.3. The summed E-state index contributed by atoms with van der Waals surface area (Å²) < 4.78 is 1.94. The molecule has 1 unspecified atom stereocenters.